The highest BCUT2D eigenvalue weighted by atomic mass is 35.5. The average molecular weight is 381 g/mol. The van der Waals surface area contributed by atoms with Crippen molar-refractivity contribution in [2.75, 3.05) is 0 Å². The zero-order chi connectivity index (χ0) is 22.4. The lowest BCUT2D eigenvalue weighted by molar-refractivity contribution is 0.0991. The Morgan fingerprint density at radius 2 is 1.96 bits per heavy atom. The second-order valence-corrected chi connectivity index (χ2v) is 6.53. The fourth-order valence-corrected chi connectivity index (χ4v) is 2.89. The van der Waals surface area contributed by atoms with Crippen LogP contribution >= 0.6 is 11.6 Å². The number of rotatable bonds is 4. The van der Waals surface area contributed by atoms with E-state index >= 15 is 0 Å². The van der Waals surface area contributed by atoms with Crippen molar-refractivity contribution in [3.63, 3.8) is 0 Å². The molecule has 134 valence electrons. The van der Waals surface area contributed by atoms with Crippen molar-refractivity contribution in [1.29, 1.82) is 0 Å². The molecule has 0 aliphatic carbocycles. The Morgan fingerprint density at radius 3 is 2.67 bits per heavy atom. The summed E-state index contributed by atoms with van der Waals surface area (Å²) in [6.07, 6.45) is 1.58. The number of aromatic nitrogens is 4. The van der Waals surface area contributed by atoms with Gasteiger partial charge in [0.2, 0.25) is 0 Å². The van der Waals surface area contributed by atoms with E-state index in [2.05, 4.69) is 15.2 Å². The van der Waals surface area contributed by atoms with Crippen molar-refractivity contribution >= 4 is 28.3 Å². The smallest absolute Gasteiger partial charge is 0.168 e. The van der Waals surface area contributed by atoms with Crippen LogP contribution in [0.5, 0.6) is 0 Å². The molecular weight excluding hydrogens is 360 g/mol. The summed E-state index contributed by atoms with van der Waals surface area (Å²) in [5.41, 5.74) is 2.61. The van der Waals surface area contributed by atoms with Crippen LogP contribution in [0.2, 0.25) is 5.02 Å². The summed E-state index contributed by atoms with van der Waals surface area (Å²) in [5, 5.41) is 8.73. The molecule has 0 aliphatic rings. The highest BCUT2D eigenvalue weighted by Crippen LogP contribution is 2.24. The maximum absolute atomic E-state index is 12.8. The number of halogens is 1. The number of carbonyl (C=O) groups excluding carboxylic acids is 1. The van der Waals surface area contributed by atoms with E-state index in [1.165, 1.54) is 0 Å². The second-order valence-electron chi connectivity index (χ2n) is 6.15. The minimum absolute atomic E-state index is 0.212. The van der Waals surface area contributed by atoms with Crippen molar-refractivity contribution in [2.24, 2.45) is 7.05 Å². The van der Waals surface area contributed by atoms with E-state index in [1.54, 1.807) is 12.3 Å². The van der Waals surface area contributed by atoms with Crippen LogP contribution in [0, 0.1) is 6.92 Å². The van der Waals surface area contributed by atoms with Gasteiger partial charge >= 0.3 is 0 Å². The van der Waals surface area contributed by atoms with Gasteiger partial charge in [-0.05, 0) is 49.3 Å². The van der Waals surface area contributed by atoms with Crippen molar-refractivity contribution in [3.05, 3.63) is 76.7 Å². The molecule has 0 amide bonds. The summed E-state index contributed by atoms with van der Waals surface area (Å²) in [7, 11) is 1.93. The fourth-order valence-electron chi connectivity index (χ4n) is 2.79. The van der Waals surface area contributed by atoms with Crippen LogP contribution in [0.3, 0.4) is 0 Å². The zero-order valence-electron chi connectivity index (χ0n) is 18.7. The first kappa shape index (κ1) is 13.2. The van der Waals surface area contributed by atoms with Gasteiger partial charge in [0, 0.05) is 28.6 Å². The van der Waals surface area contributed by atoms with E-state index in [0.717, 1.165) is 22.5 Å². The van der Waals surface area contributed by atoms with Gasteiger partial charge in [-0.2, -0.15) is 10.2 Å². The quantitative estimate of drug-likeness (QED) is 0.492. The standard InChI is InChI=1S/C21H17ClN4O/c1-13-23-12-20(26(13)2)15-5-8-19-16(9-15)10-18(24-25-19)11-21(27)14-3-6-17(22)7-4-14/h3-10,12H,11H2,1-2H3/i3D,4D,6D,7D. The minimum atomic E-state index is -0.583. The number of aryl methyl sites for hydroxylation is 1. The lowest BCUT2D eigenvalue weighted by atomic mass is 10.0. The number of benzene rings is 2. The first-order valence-corrected chi connectivity index (χ1v) is 8.61. The maximum atomic E-state index is 12.8. The van der Waals surface area contributed by atoms with Gasteiger partial charge in [-0.3, -0.25) is 4.79 Å². The van der Waals surface area contributed by atoms with Gasteiger partial charge in [0.1, 0.15) is 5.82 Å². The van der Waals surface area contributed by atoms with Gasteiger partial charge in [-0.1, -0.05) is 17.7 Å². The van der Waals surface area contributed by atoms with Crippen molar-refractivity contribution in [3.8, 4) is 11.3 Å². The minimum Gasteiger partial charge on any atom is -0.331 e. The van der Waals surface area contributed by atoms with Crippen molar-refractivity contribution in [2.45, 2.75) is 13.3 Å². The molecule has 0 spiro atoms. The Balaban J connectivity index is 1.71. The molecule has 4 aromatic rings. The second kappa shape index (κ2) is 6.93. The molecule has 2 heterocycles. The van der Waals surface area contributed by atoms with Crippen LogP contribution in [0.1, 0.15) is 27.4 Å². The van der Waals surface area contributed by atoms with E-state index < -0.39 is 30.0 Å². The van der Waals surface area contributed by atoms with Crippen LogP contribution < -0.4 is 0 Å². The average Bonchev–Trinajstić information content (AvgIpc) is 3.09. The van der Waals surface area contributed by atoms with Crippen molar-refractivity contribution < 1.29 is 10.3 Å². The molecule has 0 unspecified atom stereocenters. The topological polar surface area (TPSA) is 60.7 Å². The number of imidazole rings is 1. The summed E-state index contributed by atoms with van der Waals surface area (Å²) >= 11 is 5.81. The van der Waals surface area contributed by atoms with Crippen LogP contribution in [-0.4, -0.2) is 25.5 Å². The highest BCUT2D eigenvalue weighted by molar-refractivity contribution is 6.30. The number of hydrogen-bond donors (Lipinski definition) is 0. The van der Waals surface area contributed by atoms with Gasteiger partial charge in [0.25, 0.3) is 0 Å². The largest absolute Gasteiger partial charge is 0.331 e. The van der Waals surface area contributed by atoms with Crippen molar-refractivity contribution in [1.82, 2.24) is 19.7 Å². The number of Topliss-reactive ketones (excluding diaryl/α,β-unsaturated/α-hetero) is 1. The zero-order valence-corrected chi connectivity index (χ0v) is 15.4. The molecule has 0 saturated heterocycles. The number of nitrogens with zero attached hydrogens (tertiary/aromatic N) is 4. The van der Waals surface area contributed by atoms with Crippen LogP contribution in [0.25, 0.3) is 22.2 Å². The lowest BCUT2D eigenvalue weighted by Crippen LogP contribution is -2.06. The third kappa shape index (κ3) is 3.46. The number of hydrogen-bond acceptors (Lipinski definition) is 4. The van der Waals surface area contributed by atoms with Gasteiger partial charge in [-0.15, -0.1) is 0 Å². The SMILES string of the molecule is [2H]c1c([2H])c(C(=O)Cc2cc3cc(-c4cnc(C)n4C)ccc3nn2)c([2H])c([2H])c1Cl. The maximum Gasteiger partial charge on any atom is 0.168 e. The van der Waals surface area contributed by atoms with E-state index in [9.17, 15) is 4.79 Å². The van der Waals surface area contributed by atoms with Gasteiger partial charge < -0.3 is 4.57 Å². The lowest BCUT2D eigenvalue weighted by Gasteiger charge is -2.06. The molecule has 2 aromatic heterocycles. The molecule has 0 saturated carbocycles. The Bertz CT molecular complexity index is 1340. The summed E-state index contributed by atoms with van der Waals surface area (Å²) in [4.78, 5) is 17.1. The normalized spacial score (nSPS) is 13.1. The Morgan fingerprint density at radius 1 is 1.19 bits per heavy atom. The number of fused-ring (bicyclic) bond motifs is 1. The summed E-state index contributed by atoms with van der Waals surface area (Å²) in [6.45, 7) is 1.92. The van der Waals surface area contributed by atoms with Crippen LogP contribution in [-0.2, 0) is 13.5 Å². The molecule has 2 aromatic carbocycles. The molecule has 6 heteroatoms. The molecule has 0 N–H and O–H groups in total. The first-order valence-electron chi connectivity index (χ1n) is 10.2. The van der Waals surface area contributed by atoms with E-state index in [4.69, 9.17) is 17.1 Å². The molecule has 5 nitrogen and oxygen atoms in total. The summed E-state index contributed by atoms with van der Waals surface area (Å²) in [6, 6.07) is 5.64. The molecule has 27 heavy (non-hydrogen) atoms. The highest BCUT2D eigenvalue weighted by Gasteiger charge is 2.11. The van der Waals surface area contributed by atoms with E-state index in [1.807, 2.05) is 36.7 Å². The van der Waals surface area contributed by atoms with Gasteiger partial charge in [0.15, 0.2) is 5.78 Å². The van der Waals surface area contributed by atoms with E-state index in [0.29, 0.717) is 11.2 Å². The number of carbonyl (C=O) groups is 1. The molecular formula is C21H17ClN4O. The Labute approximate surface area is 167 Å². The van der Waals surface area contributed by atoms with Crippen LogP contribution in [0.15, 0.2) is 54.6 Å². The summed E-state index contributed by atoms with van der Waals surface area (Å²) in [5.74, 6) is 0.304. The molecule has 0 bridgehead atoms. The fraction of sp³-hybridized carbons (Fsp3) is 0.143. The van der Waals surface area contributed by atoms with E-state index in [-0.39, 0.29) is 17.0 Å². The predicted octanol–water partition coefficient (Wildman–Crippen LogP) is 4.42. The summed E-state index contributed by atoms with van der Waals surface area (Å²) < 4.78 is 33.6. The molecule has 4 rings (SSSR count). The predicted molar refractivity (Wildman–Crippen MR) is 106 cm³/mol. The molecule has 0 fully saturated rings. The monoisotopic (exact) mass is 380 g/mol. The van der Waals surface area contributed by atoms with Gasteiger partial charge in [-0.25, -0.2) is 4.98 Å². The molecule has 0 aliphatic heterocycles. The molecule has 0 atom stereocenters. The number of ketones is 1. The Hall–Kier alpha value is -3.05. The third-order valence-electron chi connectivity index (χ3n) is 4.37. The molecule has 0 radical (unpaired) electrons. The third-order valence-corrected chi connectivity index (χ3v) is 4.56. The van der Waals surface area contributed by atoms with Crippen LogP contribution in [0.4, 0.5) is 0 Å². The Kier molecular flexibility index (Phi) is 3.38. The van der Waals surface area contributed by atoms with Gasteiger partial charge in [0.05, 0.1) is 35.0 Å². The first-order chi connectivity index (χ1) is 14.7.